The number of hydrogen-bond donors (Lipinski definition) is 0. The molecule has 1 aliphatic rings. The summed E-state index contributed by atoms with van der Waals surface area (Å²) >= 11 is 4.53. The van der Waals surface area contributed by atoms with Crippen LogP contribution in [0.15, 0.2) is 76.6 Å². The molecule has 0 amide bonds. The van der Waals surface area contributed by atoms with Crippen LogP contribution in [-0.4, -0.2) is 29.8 Å². The lowest BCUT2D eigenvalue weighted by atomic mass is 9.96. The van der Waals surface area contributed by atoms with E-state index in [-0.39, 0.29) is 18.3 Å². The number of ether oxygens (including phenoxy) is 4. The average molecular weight is 813 g/mol. The van der Waals surface area contributed by atoms with E-state index >= 15 is 0 Å². The Kier molecular flexibility index (Phi) is 8.81. The Labute approximate surface area is 282 Å². The summed E-state index contributed by atoms with van der Waals surface area (Å²) in [6.45, 7) is 6.84. The molecule has 0 atom stereocenters. The molecule has 0 saturated heterocycles. The number of aromatic nitrogens is 2. The number of rotatable bonds is 8. The molecule has 2 heterocycles. The first-order valence-electron chi connectivity index (χ1n) is 14.0. The molecule has 0 unspecified atom stereocenters. The van der Waals surface area contributed by atoms with Crippen molar-refractivity contribution < 1.29 is 18.9 Å². The van der Waals surface area contributed by atoms with Crippen molar-refractivity contribution in [1.29, 1.82) is 0 Å². The van der Waals surface area contributed by atoms with E-state index in [2.05, 4.69) is 65.1 Å². The number of halogens is 2. The predicted molar refractivity (Wildman–Crippen MR) is 189 cm³/mol. The third-order valence-corrected chi connectivity index (χ3v) is 8.96. The van der Waals surface area contributed by atoms with Gasteiger partial charge in [-0.2, -0.15) is 9.78 Å². The Morgan fingerprint density at radius 2 is 1.77 bits per heavy atom. The van der Waals surface area contributed by atoms with E-state index in [9.17, 15) is 4.79 Å². The standard InChI is InChI=1S/C34H29I2N3O5/c1-19(2)24-15-25(20(3)11-30(24)41-4)33-38-28-8-6-5-7-23(28)34(40)39(33)37-16-22-12-26(35)32(27(36)13-22)42-17-21-9-10-29-31(14-21)44-18-43-29/h5-16,19H,17-18H2,1-4H3. The number of methoxy groups -OCH3 is 1. The van der Waals surface area contributed by atoms with Gasteiger partial charge < -0.3 is 18.9 Å². The van der Waals surface area contributed by atoms with Crippen molar-refractivity contribution in [1.82, 2.24) is 9.66 Å². The average Bonchev–Trinajstić information content (AvgIpc) is 3.48. The maximum Gasteiger partial charge on any atom is 0.282 e. The highest BCUT2D eigenvalue weighted by atomic mass is 127. The predicted octanol–water partition coefficient (Wildman–Crippen LogP) is 7.90. The molecule has 0 spiro atoms. The molecule has 0 aliphatic carbocycles. The Balaban J connectivity index is 1.36. The molecule has 0 N–H and O–H groups in total. The van der Waals surface area contributed by atoms with Gasteiger partial charge in [-0.1, -0.05) is 32.0 Å². The zero-order chi connectivity index (χ0) is 31.0. The summed E-state index contributed by atoms with van der Waals surface area (Å²) in [5, 5.41) is 5.21. The molecule has 224 valence electrons. The molecule has 10 heteroatoms. The molecule has 0 bridgehead atoms. The summed E-state index contributed by atoms with van der Waals surface area (Å²) in [5.74, 6) is 3.74. The summed E-state index contributed by atoms with van der Waals surface area (Å²) in [6.07, 6.45) is 1.69. The summed E-state index contributed by atoms with van der Waals surface area (Å²) in [6, 6.07) is 21.2. The maximum absolute atomic E-state index is 13.8. The van der Waals surface area contributed by atoms with E-state index in [0.717, 1.165) is 58.0 Å². The zero-order valence-corrected chi connectivity index (χ0v) is 28.9. The molecule has 0 fully saturated rings. The van der Waals surface area contributed by atoms with Gasteiger partial charge in [-0.3, -0.25) is 4.79 Å². The van der Waals surface area contributed by atoms with Gasteiger partial charge in [0.25, 0.3) is 5.56 Å². The van der Waals surface area contributed by atoms with E-state index in [1.165, 1.54) is 4.68 Å². The SMILES string of the molecule is COc1cc(C)c(-c2nc3ccccc3c(=O)n2N=Cc2cc(I)c(OCc3ccc4c(c3)OCO4)c(I)c2)cc1C(C)C. The van der Waals surface area contributed by atoms with Crippen LogP contribution in [0.2, 0.25) is 0 Å². The van der Waals surface area contributed by atoms with E-state index in [1.54, 1.807) is 19.4 Å². The van der Waals surface area contributed by atoms with Crippen molar-refractivity contribution in [3.8, 4) is 34.4 Å². The van der Waals surface area contributed by atoms with Crippen LogP contribution in [0.4, 0.5) is 0 Å². The van der Waals surface area contributed by atoms with E-state index in [0.29, 0.717) is 23.3 Å². The molecule has 8 nitrogen and oxygen atoms in total. The van der Waals surface area contributed by atoms with Crippen molar-refractivity contribution in [3.05, 3.63) is 106 Å². The van der Waals surface area contributed by atoms with Gasteiger partial charge >= 0.3 is 0 Å². The maximum atomic E-state index is 13.8. The Hall–Kier alpha value is -3.65. The second kappa shape index (κ2) is 12.8. The Morgan fingerprint density at radius 1 is 1.02 bits per heavy atom. The van der Waals surface area contributed by atoms with Gasteiger partial charge in [-0.15, -0.1) is 0 Å². The second-order valence-corrected chi connectivity index (χ2v) is 13.0. The van der Waals surface area contributed by atoms with E-state index in [4.69, 9.17) is 29.0 Å². The van der Waals surface area contributed by atoms with Crippen molar-refractivity contribution in [2.24, 2.45) is 5.10 Å². The van der Waals surface area contributed by atoms with E-state index < -0.39 is 0 Å². The van der Waals surface area contributed by atoms with Crippen LogP contribution in [0.3, 0.4) is 0 Å². The highest BCUT2D eigenvalue weighted by Gasteiger charge is 2.19. The van der Waals surface area contributed by atoms with Crippen molar-refractivity contribution in [2.45, 2.75) is 33.3 Å². The molecule has 44 heavy (non-hydrogen) atoms. The van der Waals surface area contributed by atoms with Gasteiger partial charge in [0.15, 0.2) is 17.3 Å². The van der Waals surface area contributed by atoms with Crippen molar-refractivity contribution in [2.75, 3.05) is 13.9 Å². The summed E-state index contributed by atoms with van der Waals surface area (Å²) in [5.41, 5.74) is 4.98. The molecular formula is C34H29I2N3O5. The molecule has 4 aromatic carbocycles. The molecular weight excluding hydrogens is 784 g/mol. The molecule has 5 aromatic rings. The fourth-order valence-corrected chi connectivity index (χ4v) is 7.20. The summed E-state index contributed by atoms with van der Waals surface area (Å²) in [7, 11) is 1.67. The molecule has 0 saturated carbocycles. The van der Waals surface area contributed by atoms with Crippen molar-refractivity contribution in [3.63, 3.8) is 0 Å². The fourth-order valence-electron chi connectivity index (χ4n) is 5.07. The van der Waals surface area contributed by atoms with Gasteiger partial charge in [-0.05, 0) is 129 Å². The lowest BCUT2D eigenvalue weighted by Crippen LogP contribution is -2.21. The van der Waals surface area contributed by atoms with Crippen LogP contribution < -0.4 is 24.5 Å². The minimum Gasteiger partial charge on any atom is -0.496 e. The minimum atomic E-state index is -0.240. The van der Waals surface area contributed by atoms with Crippen LogP contribution in [-0.2, 0) is 6.61 Å². The summed E-state index contributed by atoms with van der Waals surface area (Å²) in [4.78, 5) is 18.7. The monoisotopic (exact) mass is 813 g/mol. The van der Waals surface area contributed by atoms with Gasteiger partial charge in [0.05, 0.1) is 31.4 Å². The van der Waals surface area contributed by atoms with Crippen LogP contribution in [0, 0.1) is 14.1 Å². The van der Waals surface area contributed by atoms with E-state index in [1.807, 2.05) is 61.5 Å². The highest BCUT2D eigenvalue weighted by Crippen LogP contribution is 2.35. The van der Waals surface area contributed by atoms with Crippen molar-refractivity contribution >= 4 is 62.3 Å². The minimum absolute atomic E-state index is 0.211. The molecule has 6 rings (SSSR count). The van der Waals surface area contributed by atoms with Gasteiger partial charge in [-0.25, -0.2) is 4.98 Å². The molecule has 0 radical (unpaired) electrons. The summed E-state index contributed by atoms with van der Waals surface area (Å²) < 4.78 is 26.0. The molecule has 1 aliphatic heterocycles. The smallest absolute Gasteiger partial charge is 0.282 e. The van der Waals surface area contributed by atoms with Crippen LogP contribution in [0.25, 0.3) is 22.3 Å². The van der Waals surface area contributed by atoms with Crippen LogP contribution in [0.1, 0.15) is 42.0 Å². The third kappa shape index (κ3) is 6.01. The Bertz CT molecular complexity index is 1960. The number of aryl methyl sites for hydroxylation is 1. The fraction of sp³-hybridized carbons (Fsp3) is 0.206. The van der Waals surface area contributed by atoms with Crippen LogP contribution in [0.5, 0.6) is 23.0 Å². The number of para-hydroxylation sites is 1. The largest absolute Gasteiger partial charge is 0.496 e. The lowest BCUT2D eigenvalue weighted by Gasteiger charge is -2.17. The zero-order valence-electron chi connectivity index (χ0n) is 24.6. The van der Waals surface area contributed by atoms with Gasteiger partial charge in [0.2, 0.25) is 6.79 Å². The second-order valence-electron chi connectivity index (χ2n) is 10.7. The first-order valence-corrected chi connectivity index (χ1v) is 16.1. The highest BCUT2D eigenvalue weighted by molar-refractivity contribution is 14.1. The third-order valence-electron chi connectivity index (χ3n) is 7.36. The topological polar surface area (TPSA) is 84.2 Å². The number of fused-ring (bicyclic) bond motifs is 2. The van der Waals surface area contributed by atoms with Crippen LogP contribution >= 0.6 is 45.2 Å². The normalized spacial score (nSPS) is 12.4. The number of benzene rings is 4. The number of hydrogen-bond acceptors (Lipinski definition) is 7. The quantitative estimate of drug-likeness (QED) is 0.117. The Morgan fingerprint density at radius 3 is 2.52 bits per heavy atom. The first-order chi connectivity index (χ1) is 21.2. The number of nitrogens with zero attached hydrogens (tertiary/aromatic N) is 3. The van der Waals surface area contributed by atoms with Gasteiger partial charge in [0, 0.05) is 5.56 Å². The van der Waals surface area contributed by atoms with Gasteiger partial charge in [0.1, 0.15) is 18.1 Å². The lowest BCUT2D eigenvalue weighted by molar-refractivity contribution is 0.174. The molecule has 1 aromatic heterocycles. The first kappa shape index (κ1) is 30.4.